The molecule has 3 heterocycles. The van der Waals surface area contributed by atoms with Gasteiger partial charge in [0.1, 0.15) is 11.9 Å². The summed E-state index contributed by atoms with van der Waals surface area (Å²) in [7, 11) is 0. The van der Waals surface area contributed by atoms with Gasteiger partial charge in [0.05, 0.1) is 23.8 Å². The Bertz CT molecular complexity index is 726. The predicted molar refractivity (Wildman–Crippen MR) is 87.9 cm³/mol. The Labute approximate surface area is 142 Å². The monoisotopic (exact) mass is 348 g/mol. The number of aromatic nitrogens is 1. The number of anilines is 1. The molecule has 2 aromatic rings. The fourth-order valence-electron chi connectivity index (χ4n) is 2.91. The predicted octanol–water partition coefficient (Wildman–Crippen LogP) is 1.90. The number of carbonyl (C=O) groups excluding carboxylic acids is 1. The van der Waals surface area contributed by atoms with Crippen molar-refractivity contribution in [1.29, 1.82) is 0 Å². The van der Waals surface area contributed by atoms with Gasteiger partial charge in [0.2, 0.25) is 5.91 Å². The van der Waals surface area contributed by atoms with E-state index in [-0.39, 0.29) is 23.8 Å². The van der Waals surface area contributed by atoms with Gasteiger partial charge in [0, 0.05) is 12.5 Å². The first-order chi connectivity index (χ1) is 11.7. The normalized spacial score (nSPS) is 23.0. The highest BCUT2D eigenvalue weighted by Gasteiger charge is 2.30. The largest absolute Gasteiger partial charge is 0.375 e. The molecule has 1 amide bonds. The Morgan fingerprint density at radius 1 is 1.33 bits per heavy atom. The van der Waals surface area contributed by atoms with Gasteiger partial charge in [-0.1, -0.05) is 23.5 Å². The Morgan fingerprint density at radius 3 is 2.96 bits per heavy atom. The van der Waals surface area contributed by atoms with Crippen LogP contribution >= 0.6 is 11.3 Å². The van der Waals surface area contributed by atoms with E-state index in [0.717, 1.165) is 22.6 Å². The summed E-state index contributed by atoms with van der Waals surface area (Å²) in [5.74, 6) is -0.394. The first kappa shape index (κ1) is 15.6. The molecule has 8 heteroatoms. The number of halogens is 1. The highest BCUT2D eigenvalue weighted by Crippen LogP contribution is 2.28. The van der Waals surface area contributed by atoms with Gasteiger partial charge >= 0.3 is 0 Å². The number of thiazole rings is 1. The van der Waals surface area contributed by atoms with E-state index >= 15 is 0 Å². The number of nitrogens with zero attached hydrogens (tertiary/aromatic N) is 1. The molecule has 1 fully saturated rings. The molecule has 1 saturated heterocycles. The van der Waals surface area contributed by atoms with E-state index in [1.165, 1.54) is 23.5 Å². The van der Waals surface area contributed by atoms with Gasteiger partial charge in [-0.15, -0.1) is 0 Å². The maximum Gasteiger partial charge on any atom is 0.244 e. The van der Waals surface area contributed by atoms with Crippen molar-refractivity contribution >= 4 is 22.4 Å². The maximum absolute atomic E-state index is 13.0. The summed E-state index contributed by atoms with van der Waals surface area (Å²) in [6.45, 7) is 1.25. The van der Waals surface area contributed by atoms with Crippen molar-refractivity contribution in [3.8, 4) is 0 Å². The molecule has 2 atom stereocenters. The Balaban J connectivity index is 1.38. The lowest BCUT2D eigenvalue weighted by Gasteiger charge is -2.09. The van der Waals surface area contributed by atoms with E-state index in [4.69, 9.17) is 4.74 Å². The summed E-state index contributed by atoms with van der Waals surface area (Å²) in [4.78, 5) is 18.0. The molecular formula is C16H17FN4O2S. The van der Waals surface area contributed by atoms with E-state index < -0.39 is 0 Å². The Hall–Kier alpha value is -1.87. The maximum atomic E-state index is 13.0. The second-order valence-electron chi connectivity index (χ2n) is 5.86. The zero-order valence-electron chi connectivity index (χ0n) is 12.8. The van der Waals surface area contributed by atoms with Crippen LogP contribution in [0.25, 0.3) is 0 Å². The number of hydrogen-bond donors (Lipinski definition) is 3. The van der Waals surface area contributed by atoms with E-state index in [0.29, 0.717) is 24.8 Å². The molecule has 24 heavy (non-hydrogen) atoms. The van der Waals surface area contributed by atoms with Crippen molar-refractivity contribution in [3.63, 3.8) is 0 Å². The Morgan fingerprint density at radius 2 is 2.17 bits per heavy atom. The number of ether oxygens (including phenoxy) is 1. The van der Waals surface area contributed by atoms with Crippen LogP contribution in [0.15, 0.2) is 24.3 Å². The minimum Gasteiger partial charge on any atom is -0.375 e. The van der Waals surface area contributed by atoms with Crippen LogP contribution < -0.4 is 16.2 Å². The molecule has 126 valence electrons. The number of carbonyl (C=O) groups is 1. The molecular weight excluding hydrogens is 331 g/mol. The number of hydrogen-bond acceptors (Lipinski definition) is 6. The highest BCUT2D eigenvalue weighted by atomic mass is 32.1. The molecule has 0 saturated carbocycles. The van der Waals surface area contributed by atoms with Gasteiger partial charge in [-0.3, -0.25) is 4.79 Å². The zero-order chi connectivity index (χ0) is 16.5. The molecule has 0 aliphatic carbocycles. The lowest BCUT2D eigenvalue weighted by molar-refractivity contribution is -0.117. The van der Waals surface area contributed by atoms with E-state index in [1.807, 2.05) is 0 Å². The third-order valence-corrected chi connectivity index (χ3v) is 5.20. The molecule has 3 N–H and O–H groups in total. The lowest BCUT2D eigenvalue weighted by atomic mass is 10.0. The molecule has 1 aromatic heterocycles. The average Bonchev–Trinajstić information content (AvgIpc) is 3.21. The van der Waals surface area contributed by atoms with Gasteiger partial charge in [-0.2, -0.15) is 0 Å². The number of rotatable bonds is 3. The fourth-order valence-corrected chi connectivity index (χ4v) is 3.86. The van der Waals surface area contributed by atoms with Gasteiger partial charge in [0.15, 0.2) is 5.13 Å². The topological polar surface area (TPSA) is 75.3 Å². The quantitative estimate of drug-likeness (QED) is 0.790. The van der Waals surface area contributed by atoms with Crippen molar-refractivity contribution in [2.45, 2.75) is 31.5 Å². The molecule has 6 nitrogen and oxygen atoms in total. The number of hydrazine groups is 1. The van der Waals surface area contributed by atoms with E-state index in [1.54, 1.807) is 12.1 Å². The molecule has 4 rings (SSSR count). The van der Waals surface area contributed by atoms with Crippen molar-refractivity contribution in [3.05, 3.63) is 46.2 Å². The molecule has 0 spiro atoms. The average molecular weight is 348 g/mol. The number of fused-ring (bicyclic) bond motifs is 1. The van der Waals surface area contributed by atoms with Crippen molar-refractivity contribution in [2.75, 3.05) is 11.9 Å². The number of nitrogens with one attached hydrogen (secondary N) is 3. The van der Waals surface area contributed by atoms with Crippen LogP contribution in [-0.4, -0.2) is 23.5 Å². The first-order valence-electron chi connectivity index (χ1n) is 7.83. The van der Waals surface area contributed by atoms with E-state index in [9.17, 15) is 9.18 Å². The smallest absolute Gasteiger partial charge is 0.244 e. The summed E-state index contributed by atoms with van der Waals surface area (Å²) in [5, 5.41) is 3.49. The summed E-state index contributed by atoms with van der Waals surface area (Å²) >= 11 is 1.46. The van der Waals surface area contributed by atoms with Crippen LogP contribution in [0.2, 0.25) is 0 Å². The molecule has 2 aliphatic heterocycles. The van der Waals surface area contributed by atoms with Crippen molar-refractivity contribution < 1.29 is 13.9 Å². The molecule has 1 aromatic carbocycles. The van der Waals surface area contributed by atoms with Gasteiger partial charge in [0.25, 0.3) is 0 Å². The summed E-state index contributed by atoms with van der Waals surface area (Å²) in [6, 6.07) is 5.91. The van der Waals surface area contributed by atoms with Crippen LogP contribution in [0.1, 0.15) is 28.6 Å². The van der Waals surface area contributed by atoms with Crippen LogP contribution in [0.4, 0.5) is 9.52 Å². The minimum atomic E-state index is -0.364. The summed E-state index contributed by atoms with van der Waals surface area (Å²) in [6.07, 6.45) is 1.38. The number of benzene rings is 1. The summed E-state index contributed by atoms with van der Waals surface area (Å²) < 4.78 is 18.4. The summed E-state index contributed by atoms with van der Waals surface area (Å²) in [5.41, 5.74) is 8.05. The molecule has 0 radical (unpaired) electrons. The first-order valence-corrected chi connectivity index (χ1v) is 8.64. The second kappa shape index (κ2) is 6.56. The Kier molecular flexibility index (Phi) is 4.28. The molecule has 2 aliphatic rings. The van der Waals surface area contributed by atoms with Crippen molar-refractivity contribution in [2.24, 2.45) is 0 Å². The highest BCUT2D eigenvalue weighted by molar-refractivity contribution is 7.15. The third kappa shape index (κ3) is 3.18. The minimum absolute atomic E-state index is 0.0285. The standard InChI is InChI=1S/C16H17FN4O2S/c17-10-3-1-9(2-4-10)12-7-13(21-20-12)15(22)19-16-18-11-5-6-23-8-14(11)24-16/h1-4,12-13,20-21H,5-8H2,(H,18,19,22). The van der Waals surface area contributed by atoms with Crippen LogP contribution in [0, 0.1) is 5.82 Å². The van der Waals surface area contributed by atoms with Gasteiger partial charge in [-0.25, -0.2) is 20.2 Å². The fraction of sp³-hybridized carbons (Fsp3) is 0.375. The number of amides is 1. The van der Waals surface area contributed by atoms with Crippen molar-refractivity contribution in [1.82, 2.24) is 15.8 Å². The van der Waals surface area contributed by atoms with Gasteiger partial charge in [-0.05, 0) is 24.1 Å². The van der Waals surface area contributed by atoms with Crippen LogP contribution in [0.3, 0.4) is 0 Å². The lowest BCUT2D eigenvalue weighted by Crippen LogP contribution is -2.39. The van der Waals surface area contributed by atoms with E-state index in [2.05, 4.69) is 21.2 Å². The molecule has 0 bridgehead atoms. The third-order valence-electron chi connectivity index (χ3n) is 4.22. The van der Waals surface area contributed by atoms with Crippen LogP contribution in [0.5, 0.6) is 0 Å². The molecule has 2 unspecified atom stereocenters. The van der Waals surface area contributed by atoms with Crippen LogP contribution in [-0.2, 0) is 22.6 Å². The second-order valence-corrected chi connectivity index (χ2v) is 6.95. The SMILES string of the molecule is O=C(Nc1nc2c(s1)COCC2)C1CC(c2ccc(F)cc2)NN1. The van der Waals surface area contributed by atoms with Gasteiger partial charge < -0.3 is 10.1 Å². The zero-order valence-corrected chi connectivity index (χ0v) is 13.7.